The van der Waals surface area contributed by atoms with Crippen LogP contribution in [0.3, 0.4) is 0 Å². The van der Waals surface area contributed by atoms with Crippen LogP contribution in [-0.4, -0.2) is 32.1 Å². The highest BCUT2D eigenvalue weighted by Gasteiger charge is 2.24. The van der Waals surface area contributed by atoms with Crippen molar-refractivity contribution in [1.29, 1.82) is 0 Å². The monoisotopic (exact) mass is 288 g/mol. The van der Waals surface area contributed by atoms with Crippen molar-refractivity contribution in [2.45, 2.75) is 19.6 Å². The van der Waals surface area contributed by atoms with Crippen LogP contribution in [0.4, 0.5) is 4.79 Å². The predicted molar refractivity (Wildman–Crippen MR) is 69.2 cm³/mol. The number of aromatic nitrogens is 2. The summed E-state index contributed by atoms with van der Waals surface area (Å²) in [7, 11) is 0. The van der Waals surface area contributed by atoms with Crippen molar-refractivity contribution in [3.8, 4) is 0 Å². The number of aromatic carboxylic acids is 1. The number of nitrogens with one attached hydrogen (secondary N) is 1. The molecule has 0 bridgehead atoms. The first kappa shape index (κ1) is 13.1. The van der Waals surface area contributed by atoms with Crippen molar-refractivity contribution in [2.24, 2.45) is 0 Å². The van der Waals surface area contributed by atoms with Gasteiger partial charge in [0.2, 0.25) is 6.39 Å². The topological polar surface area (TPSA) is 109 Å². The molecule has 0 aliphatic carbocycles. The number of carbonyl (C=O) groups is 2. The predicted octanol–water partition coefficient (Wildman–Crippen LogP) is 0.993. The molecular weight excluding hydrogens is 276 g/mol. The third-order valence-electron chi connectivity index (χ3n) is 3.27. The van der Waals surface area contributed by atoms with E-state index >= 15 is 0 Å². The number of urea groups is 1. The fraction of sp³-hybridized carbons (Fsp3) is 0.231. The lowest BCUT2D eigenvalue weighted by molar-refractivity contribution is 0.0696. The van der Waals surface area contributed by atoms with E-state index in [1.165, 1.54) is 6.39 Å². The van der Waals surface area contributed by atoms with Gasteiger partial charge in [0.1, 0.15) is 0 Å². The van der Waals surface area contributed by atoms with Crippen molar-refractivity contribution >= 4 is 12.0 Å². The first-order valence-corrected chi connectivity index (χ1v) is 6.26. The average molecular weight is 288 g/mol. The second-order valence-corrected chi connectivity index (χ2v) is 4.65. The van der Waals surface area contributed by atoms with E-state index in [1.807, 2.05) is 0 Å². The van der Waals surface area contributed by atoms with Gasteiger partial charge in [0, 0.05) is 13.1 Å². The van der Waals surface area contributed by atoms with E-state index in [-0.39, 0.29) is 18.1 Å². The van der Waals surface area contributed by atoms with Crippen LogP contribution in [0.2, 0.25) is 0 Å². The maximum Gasteiger partial charge on any atom is 0.335 e. The van der Waals surface area contributed by atoms with Crippen LogP contribution in [0.25, 0.3) is 0 Å². The van der Waals surface area contributed by atoms with E-state index in [4.69, 9.17) is 5.11 Å². The molecule has 0 saturated heterocycles. The van der Waals surface area contributed by atoms with Crippen LogP contribution >= 0.6 is 0 Å². The molecule has 8 nitrogen and oxygen atoms in total. The Hall–Kier alpha value is -2.90. The summed E-state index contributed by atoms with van der Waals surface area (Å²) >= 11 is 0. The summed E-state index contributed by atoms with van der Waals surface area (Å²) in [4.78, 5) is 28.4. The van der Waals surface area contributed by atoms with E-state index in [2.05, 4.69) is 20.0 Å². The smallest absolute Gasteiger partial charge is 0.335 e. The Morgan fingerprint density at radius 3 is 2.86 bits per heavy atom. The number of nitrogens with zero attached hydrogens (tertiary/aromatic N) is 3. The lowest BCUT2D eigenvalue weighted by atomic mass is 10.1. The summed E-state index contributed by atoms with van der Waals surface area (Å²) in [5.74, 6) is -0.578. The molecule has 2 aromatic rings. The minimum absolute atomic E-state index is 0.183. The van der Waals surface area contributed by atoms with Crippen LogP contribution in [0.15, 0.2) is 29.1 Å². The summed E-state index contributed by atoms with van der Waals surface area (Å²) in [5.41, 5.74) is 2.03. The molecule has 0 saturated carbocycles. The maximum absolute atomic E-state index is 12.0. The Balaban J connectivity index is 1.64. The summed E-state index contributed by atoms with van der Waals surface area (Å²) in [6.07, 6.45) is 1.20. The molecule has 1 aliphatic heterocycles. The summed E-state index contributed by atoms with van der Waals surface area (Å²) < 4.78 is 4.58. The maximum atomic E-state index is 12.0. The van der Waals surface area contributed by atoms with Crippen LogP contribution in [0.5, 0.6) is 0 Å². The highest BCUT2D eigenvalue weighted by atomic mass is 16.5. The number of carboxylic acid groups (broad SMARTS) is 1. The average Bonchev–Trinajstić information content (AvgIpc) is 3.12. The SMILES string of the molecule is O=C(O)c1ccc2c(c1)CN(C(=O)NCc1ncon1)C2. The Morgan fingerprint density at radius 1 is 1.33 bits per heavy atom. The normalized spacial score (nSPS) is 13.0. The highest BCUT2D eigenvalue weighted by Crippen LogP contribution is 2.23. The lowest BCUT2D eigenvalue weighted by Gasteiger charge is -2.15. The Kier molecular flexibility index (Phi) is 3.27. The fourth-order valence-electron chi connectivity index (χ4n) is 2.21. The fourth-order valence-corrected chi connectivity index (χ4v) is 2.21. The highest BCUT2D eigenvalue weighted by molar-refractivity contribution is 5.88. The Morgan fingerprint density at radius 2 is 2.14 bits per heavy atom. The molecule has 108 valence electrons. The van der Waals surface area contributed by atoms with Crippen LogP contribution in [-0.2, 0) is 19.6 Å². The van der Waals surface area contributed by atoms with Gasteiger partial charge in [0.05, 0.1) is 12.1 Å². The number of rotatable bonds is 3. The number of fused-ring (bicyclic) bond motifs is 1. The number of carboxylic acids is 1. The molecule has 3 rings (SSSR count). The number of carbonyl (C=O) groups excluding carboxylic acids is 1. The standard InChI is InChI=1S/C13H12N4O4/c18-12(19)8-1-2-9-5-17(6-10(9)3-8)13(20)14-4-11-15-7-21-16-11/h1-3,7H,4-6H2,(H,14,20)(H,18,19). The summed E-state index contributed by atoms with van der Waals surface area (Å²) in [5, 5.41) is 15.3. The van der Waals surface area contributed by atoms with Crippen LogP contribution in [0, 0.1) is 0 Å². The Labute approximate surface area is 119 Å². The molecule has 21 heavy (non-hydrogen) atoms. The first-order chi connectivity index (χ1) is 10.1. The van der Waals surface area contributed by atoms with Gasteiger partial charge < -0.3 is 19.8 Å². The number of amides is 2. The summed E-state index contributed by atoms with van der Waals surface area (Å²) in [6, 6.07) is 4.63. The molecule has 1 aromatic carbocycles. The van der Waals surface area contributed by atoms with Gasteiger partial charge in [-0.3, -0.25) is 0 Å². The summed E-state index contributed by atoms with van der Waals surface area (Å²) in [6.45, 7) is 1.02. The van der Waals surface area contributed by atoms with E-state index in [0.29, 0.717) is 18.9 Å². The molecule has 1 aliphatic rings. The lowest BCUT2D eigenvalue weighted by Crippen LogP contribution is -2.36. The van der Waals surface area contributed by atoms with E-state index < -0.39 is 5.97 Å². The molecule has 2 N–H and O–H groups in total. The van der Waals surface area contributed by atoms with Gasteiger partial charge in [-0.1, -0.05) is 11.2 Å². The second-order valence-electron chi connectivity index (χ2n) is 4.65. The minimum atomic E-state index is -0.974. The van der Waals surface area contributed by atoms with Crippen LogP contribution in [0.1, 0.15) is 27.3 Å². The van der Waals surface area contributed by atoms with E-state index in [0.717, 1.165) is 11.1 Å². The Bertz CT molecular complexity index is 683. The number of hydrogen-bond donors (Lipinski definition) is 2. The van der Waals surface area contributed by atoms with Crippen molar-refractivity contribution in [3.63, 3.8) is 0 Å². The molecule has 0 spiro atoms. The zero-order valence-corrected chi connectivity index (χ0v) is 10.9. The third kappa shape index (κ3) is 2.69. The van der Waals surface area contributed by atoms with Gasteiger partial charge >= 0.3 is 12.0 Å². The van der Waals surface area contributed by atoms with Crippen molar-refractivity contribution in [3.05, 3.63) is 47.1 Å². The number of hydrogen-bond acceptors (Lipinski definition) is 5. The molecule has 0 radical (unpaired) electrons. The van der Waals surface area contributed by atoms with Gasteiger partial charge in [0.15, 0.2) is 5.82 Å². The first-order valence-electron chi connectivity index (χ1n) is 6.26. The minimum Gasteiger partial charge on any atom is -0.478 e. The molecule has 2 amide bonds. The van der Waals surface area contributed by atoms with Gasteiger partial charge in [-0.05, 0) is 23.3 Å². The van der Waals surface area contributed by atoms with Crippen molar-refractivity contribution < 1.29 is 19.2 Å². The van der Waals surface area contributed by atoms with Gasteiger partial charge in [-0.2, -0.15) is 4.98 Å². The second kappa shape index (κ2) is 5.23. The molecule has 8 heteroatoms. The quantitative estimate of drug-likeness (QED) is 0.872. The van der Waals surface area contributed by atoms with Crippen LogP contribution < -0.4 is 5.32 Å². The van der Waals surface area contributed by atoms with Crippen molar-refractivity contribution in [2.75, 3.05) is 0 Å². The zero-order chi connectivity index (χ0) is 14.8. The van der Waals surface area contributed by atoms with E-state index in [1.54, 1.807) is 23.1 Å². The molecule has 2 heterocycles. The largest absolute Gasteiger partial charge is 0.478 e. The van der Waals surface area contributed by atoms with Gasteiger partial charge in [-0.25, -0.2) is 9.59 Å². The molecular formula is C13H12N4O4. The molecule has 0 atom stereocenters. The molecule has 0 fully saturated rings. The van der Waals surface area contributed by atoms with Crippen molar-refractivity contribution in [1.82, 2.24) is 20.4 Å². The number of benzene rings is 1. The molecule has 1 aromatic heterocycles. The van der Waals surface area contributed by atoms with E-state index in [9.17, 15) is 9.59 Å². The van der Waals surface area contributed by atoms with Gasteiger partial charge in [-0.15, -0.1) is 0 Å². The zero-order valence-electron chi connectivity index (χ0n) is 10.9. The molecule has 0 unspecified atom stereocenters. The van der Waals surface area contributed by atoms with Gasteiger partial charge in [0.25, 0.3) is 0 Å². The third-order valence-corrected chi connectivity index (χ3v) is 3.27.